The number of carbonyl (C=O) groups excluding carboxylic acids is 1. The first kappa shape index (κ1) is 17.8. The van der Waals surface area contributed by atoms with Gasteiger partial charge in [0.1, 0.15) is 0 Å². The topological polar surface area (TPSA) is 60.7 Å². The fourth-order valence-corrected chi connectivity index (χ4v) is 2.75. The molecule has 0 aliphatic carbocycles. The summed E-state index contributed by atoms with van der Waals surface area (Å²) in [4.78, 5) is 12.5. The first-order chi connectivity index (χ1) is 10.5. The monoisotopic (exact) mass is 378 g/mol. The predicted octanol–water partition coefficient (Wildman–Crippen LogP) is 4.34. The molecule has 1 aromatic carbocycles. The van der Waals surface area contributed by atoms with Gasteiger partial charge >= 0.3 is 0 Å². The van der Waals surface area contributed by atoms with E-state index < -0.39 is 0 Å². The van der Waals surface area contributed by atoms with Crippen molar-refractivity contribution in [1.82, 2.24) is 20.2 Å². The summed E-state index contributed by atoms with van der Waals surface area (Å²) in [7, 11) is 0. The maximum absolute atomic E-state index is 12.5. The molecule has 0 aliphatic heterocycles. The molecule has 5 nitrogen and oxygen atoms in total. The Kier molecular flexibility index (Phi) is 4.76. The van der Waals surface area contributed by atoms with Gasteiger partial charge in [-0.1, -0.05) is 57.5 Å². The number of tetrazole rings is 1. The Labute approximate surface area is 145 Å². The van der Waals surface area contributed by atoms with Crippen molar-refractivity contribution in [3.05, 3.63) is 34.1 Å². The number of carbonyl (C=O) groups is 1. The number of hydrogen-bond acceptors (Lipinski definition) is 4. The molecule has 0 unspecified atom stereocenters. The minimum Gasteiger partial charge on any atom is -0.294 e. The molecule has 6 heteroatoms. The average molecular weight is 379 g/mol. The molecule has 0 saturated heterocycles. The lowest BCUT2D eigenvalue weighted by Crippen LogP contribution is -2.19. The Morgan fingerprint density at radius 3 is 2.35 bits per heavy atom. The first-order valence-electron chi connectivity index (χ1n) is 7.60. The number of halogens is 1. The lowest BCUT2D eigenvalue weighted by Gasteiger charge is -2.19. The molecule has 23 heavy (non-hydrogen) atoms. The van der Waals surface area contributed by atoms with E-state index in [1.165, 1.54) is 0 Å². The van der Waals surface area contributed by atoms with E-state index >= 15 is 0 Å². The summed E-state index contributed by atoms with van der Waals surface area (Å²) < 4.78 is 2.53. The second kappa shape index (κ2) is 6.15. The zero-order chi connectivity index (χ0) is 17.4. The predicted molar refractivity (Wildman–Crippen MR) is 94.0 cm³/mol. The van der Waals surface area contributed by atoms with Crippen molar-refractivity contribution < 1.29 is 4.79 Å². The fourth-order valence-electron chi connectivity index (χ4n) is 2.27. The van der Waals surface area contributed by atoms with Crippen molar-refractivity contribution in [3.63, 3.8) is 0 Å². The zero-order valence-electron chi connectivity index (χ0n) is 14.5. The lowest BCUT2D eigenvalue weighted by atomic mass is 9.88. The average Bonchev–Trinajstić information content (AvgIpc) is 2.84. The van der Waals surface area contributed by atoms with Crippen LogP contribution in [0.25, 0.3) is 5.69 Å². The highest BCUT2D eigenvalue weighted by Crippen LogP contribution is 2.27. The molecule has 0 radical (unpaired) electrons. The van der Waals surface area contributed by atoms with Crippen LogP contribution in [0.4, 0.5) is 0 Å². The van der Waals surface area contributed by atoms with Gasteiger partial charge in [-0.15, -0.1) is 5.10 Å². The maximum Gasteiger partial charge on any atom is 0.163 e. The number of ketones is 1. The van der Waals surface area contributed by atoms with Crippen LogP contribution in [0.2, 0.25) is 0 Å². The molecule has 2 aromatic rings. The lowest BCUT2D eigenvalue weighted by molar-refractivity contribution is 0.0940. The number of nitrogens with zero attached hydrogens (tertiary/aromatic N) is 4. The summed E-state index contributed by atoms with van der Waals surface area (Å²) in [6.07, 6.45) is 0.491. The van der Waals surface area contributed by atoms with E-state index in [1.54, 1.807) is 4.68 Å². The van der Waals surface area contributed by atoms with Crippen molar-refractivity contribution in [1.29, 1.82) is 0 Å². The number of hydrogen-bond donors (Lipinski definition) is 0. The molecule has 1 heterocycles. The van der Waals surface area contributed by atoms with Gasteiger partial charge in [0.2, 0.25) is 0 Å². The number of benzene rings is 1. The van der Waals surface area contributed by atoms with Crippen LogP contribution in [0.5, 0.6) is 0 Å². The third-order valence-corrected chi connectivity index (χ3v) is 3.74. The molecule has 2 rings (SSSR count). The van der Waals surface area contributed by atoms with Crippen LogP contribution < -0.4 is 0 Å². The largest absolute Gasteiger partial charge is 0.294 e. The first-order valence-corrected chi connectivity index (χ1v) is 8.40. The van der Waals surface area contributed by atoms with E-state index in [0.717, 1.165) is 16.0 Å². The van der Waals surface area contributed by atoms with Crippen LogP contribution in [0, 0.1) is 5.41 Å². The fraction of sp³-hybridized carbons (Fsp3) is 0.529. The molecule has 124 valence electrons. The van der Waals surface area contributed by atoms with E-state index in [1.807, 2.05) is 18.2 Å². The summed E-state index contributed by atoms with van der Waals surface area (Å²) in [5.41, 5.74) is 1.21. The van der Waals surface area contributed by atoms with Crippen LogP contribution in [-0.2, 0) is 5.41 Å². The maximum atomic E-state index is 12.5. The molecule has 0 atom stereocenters. The van der Waals surface area contributed by atoms with Crippen molar-refractivity contribution in [3.8, 4) is 5.69 Å². The Balaban J connectivity index is 2.47. The quantitative estimate of drug-likeness (QED) is 0.745. The molecule has 0 saturated carbocycles. The van der Waals surface area contributed by atoms with Gasteiger partial charge in [0, 0.05) is 21.9 Å². The van der Waals surface area contributed by atoms with Crippen LogP contribution in [0.3, 0.4) is 0 Å². The van der Waals surface area contributed by atoms with Crippen LogP contribution in [0.1, 0.15) is 64.1 Å². The van der Waals surface area contributed by atoms with Gasteiger partial charge in [0.25, 0.3) is 0 Å². The van der Waals surface area contributed by atoms with Gasteiger partial charge in [0.15, 0.2) is 11.6 Å². The Hall–Kier alpha value is -1.56. The molecule has 0 spiro atoms. The highest BCUT2D eigenvalue weighted by Gasteiger charge is 2.24. The second-order valence-electron chi connectivity index (χ2n) is 8.02. The van der Waals surface area contributed by atoms with Gasteiger partial charge < -0.3 is 0 Å². The minimum absolute atomic E-state index is 0.0506. The summed E-state index contributed by atoms with van der Waals surface area (Å²) in [6, 6.07) is 5.61. The molecule has 0 aliphatic rings. The smallest absolute Gasteiger partial charge is 0.163 e. The SMILES string of the molecule is CC(C)(C)CC(=O)c1cc(Br)cc(-n2nnnc2C(C)(C)C)c1. The van der Waals surface area contributed by atoms with Gasteiger partial charge in [0.05, 0.1) is 5.69 Å². The van der Waals surface area contributed by atoms with Crippen molar-refractivity contribution >= 4 is 21.7 Å². The van der Waals surface area contributed by atoms with Gasteiger partial charge in [-0.25, -0.2) is 0 Å². The van der Waals surface area contributed by atoms with Gasteiger partial charge in [-0.3, -0.25) is 4.79 Å². The Morgan fingerprint density at radius 1 is 1.13 bits per heavy atom. The molecular weight excluding hydrogens is 356 g/mol. The highest BCUT2D eigenvalue weighted by molar-refractivity contribution is 9.10. The molecule has 0 N–H and O–H groups in total. The highest BCUT2D eigenvalue weighted by atomic mass is 79.9. The summed E-state index contributed by atoms with van der Waals surface area (Å²) in [5, 5.41) is 12.0. The van der Waals surface area contributed by atoms with Crippen molar-refractivity contribution in [2.75, 3.05) is 0 Å². The van der Waals surface area contributed by atoms with E-state index in [9.17, 15) is 4.79 Å². The minimum atomic E-state index is -0.193. The standard InChI is InChI=1S/C17H23BrN4O/c1-16(2,3)10-14(23)11-7-12(18)9-13(8-11)22-15(17(4,5)6)19-20-21-22/h7-9H,10H2,1-6H3. The molecule has 1 aromatic heterocycles. The molecular formula is C17H23BrN4O. The summed E-state index contributed by atoms with van der Waals surface area (Å²) in [5.74, 6) is 0.871. The van der Waals surface area contributed by atoms with Crippen LogP contribution >= 0.6 is 15.9 Å². The number of Topliss-reactive ketones (excluding diaryl/α,β-unsaturated/α-hetero) is 1. The third kappa shape index (κ3) is 4.47. The molecule has 0 amide bonds. The third-order valence-electron chi connectivity index (χ3n) is 3.28. The van der Waals surface area contributed by atoms with Crippen LogP contribution in [-0.4, -0.2) is 26.0 Å². The number of rotatable bonds is 3. The molecule has 0 fully saturated rings. The van der Waals surface area contributed by atoms with Gasteiger partial charge in [-0.05, 0) is 34.0 Å². The number of aromatic nitrogens is 4. The summed E-state index contributed by atoms with van der Waals surface area (Å²) in [6.45, 7) is 12.3. The van der Waals surface area contributed by atoms with E-state index in [2.05, 4.69) is 73.0 Å². The van der Waals surface area contributed by atoms with Crippen molar-refractivity contribution in [2.24, 2.45) is 5.41 Å². The van der Waals surface area contributed by atoms with Crippen molar-refractivity contribution in [2.45, 2.75) is 53.4 Å². The van der Waals surface area contributed by atoms with E-state index in [0.29, 0.717) is 12.0 Å². The normalized spacial score (nSPS) is 12.5. The van der Waals surface area contributed by atoms with E-state index in [4.69, 9.17) is 0 Å². The molecule has 0 bridgehead atoms. The summed E-state index contributed by atoms with van der Waals surface area (Å²) >= 11 is 3.49. The Morgan fingerprint density at radius 2 is 1.78 bits per heavy atom. The second-order valence-corrected chi connectivity index (χ2v) is 8.94. The van der Waals surface area contributed by atoms with Gasteiger partial charge in [-0.2, -0.15) is 4.68 Å². The Bertz CT molecular complexity index is 723. The zero-order valence-corrected chi connectivity index (χ0v) is 16.1. The van der Waals surface area contributed by atoms with E-state index in [-0.39, 0.29) is 16.6 Å². The van der Waals surface area contributed by atoms with Crippen LogP contribution in [0.15, 0.2) is 22.7 Å².